The van der Waals surface area contributed by atoms with Crippen molar-refractivity contribution in [2.24, 2.45) is 0 Å². The molecular formula is C12H18O. The van der Waals surface area contributed by atoms with Crippen molar-refractivity contribution in [1.82, 2.24) is 0 Å². The van der Waals surface area contributed by atoms with Gasteiger partial charge >= 0.3 is 0 Å². The van der Waals surface area contributed by atoms with E-state index in [-0.39, 0.29) is 0 Å². The molecule has 1 nitrogen and oxygen atoms in total. The predicted octanol–water partition coefficient (Wildman–Crippen LogP) is 3.59. The molecule has 0 aliphatic heterocycles. The average molecular weight is 178 g/mol. The molecule has 1 aliphatic rings. The predicted molar refractivity (Wildman–Crippen MR) is 56.5 cm³/mol. The minimum Gasteiger partial charge on any atom is -0.501 e. The van der Waals surface area contributed by atoms with E-state index in [0.717, 1.165) is 12.2 Å². The van der Waals surface area contributed by atoms with Crippen molar-refractivity contribution in [1.29, 1.82) is 0 Å². The van der Waals surface area contributed by atoms with Crippen molar-refractivity contribution in [2.45, 2.75) is 32.6 Å². The first-order valence-electron chi connectivity index (χ1n) is 5.01. The minimum atomic E-state index is 0.725. The van der Waals surface area contributed by atoms with Gasteiger partial charge < -0.3 is 4.74 Å². The highest BCUT2D eigenvalue weighted by atomic mass is 16.5. The summed E-state index contributed by atoms with van der Waals surface area (Å²) in [5.41, 5.74) is 2.50. The third-order valence-electron chi connectivity index (χ3n) is 2.24. The first-order chi connectivity index (χ1) is 6.34. The number of hydrogen-bond acceptors (Lipinski definition) is 1. The van der Waals surface area contributed by atoms with Crippen LogP contribution in [0.1, 0.15) is 32.6 Å². The zero-order valence-electron chi connectivity index (χ0n) is 8.38. The Bertz CT molecular complexity index is 223. The van der Waals surface area contributed by atoms with Crippen LogP contribution in [-0.2, 0) is 4.74 Å². The molecular weight excluding hydrogens is 160 g/mol. The molecule has 0 atom stereocenters. The second-order valence-corrected chi connectivity index (χ2v) is 3.26. The van der Waals surface area contributed by atoms with Crippen molar-refractivity contribution in [3.63, 3.8) is 0 Å². The smallest absolute Gasteiger partial charge is 0.0845 e. The van der Waals surface area contributed by atoms with Gasteiger partial charge in [0, 0.05) is 0 Å². The van der Waals surface area contributed by atoms with Crippen molar-refractivity contribution in [3.05, 3.63) is 36.1 Å². The second kappa shape index (κ2) is 5.63. The Kier molecular flexibility index (Phi) is 4.37. The lowest BCUT2D eigenvalue weighted by Gasteiger charge is -2.12. The summed E-state index contributed by atoms with van der Waals surface area (Å²) in [5.74, 6) is 0. The van der Waals surface area contributed by atoms with Crippen molar-refractivity contribution in [3.8, 4) is 0 Å². The standard InChI is InChI=1S/C12H18O/c1-3-13-10-9-11(2)12-7-5-4-6-8-12/h7,9-10H,2-6,8H2,1H3/b10-9+. The number of ether oxygens (including phenoxy) is 1. The monoisotopic (exact) mass is 178 g/mol. The lowest BCUT2D eigenvalue weighted by Crippen LogP contribution is -1.93. The molecule has 0 unspecified atom stereocenters. The molecule has 0 heterocycles. The van der Waals surface area contributed by atoms with E-state index in [4.69, 9.17) is 4.74 Å². The molecule has 0 saturated heterocycles. The molecule has 72 valence electrons. The van der Waals surface area contributed by atoms with Crippen LogP contribution in [0.3, 0.4) is 0 Å². The first kappa shape index (κ1) is 10.1. The summed E-state index contributed by atoms with van der Waals surface area (Å²) in [5, 5.41) is 0. The molecule has 0 aromatic carbocycles. The normalized spacial score (nSPS) is 17.2. The van der Waals surface area contributed by atoms with Gasteiger partial charge in [-0.1, -0.05) is 12.7 Å². The van der Waals surface area contributed by atoms with Gasteiger partial charge in [0.15, 0.2) is 0 Å². The maximum atomic E-state index is 5.13. The molecule has 0 N–H and O–H groups in total. The van der Waals surface area contributed by atoms with Gasteiger partial charge in [-0.2, -0.15) is 0 Å². The van der Waals surface area contributed by atoms with Gasteiger partial charge in [0.05, 0.1) is 12.9 Å². The third kappa shape index (κ3) is 3.49. The second-order valence-electron chi connectivity index (χ2n) is 3.26. The van der Waals surface area contributed by atoms with Gasteiger partial charge in [0.25, 0.3) is 0 Å². The van der Waals surface area contributed by atoms with Crippen LogP contribution in [-0.4, -0.2) is 6.61 Å². The highest BCUT2D eigenvalue weighted by Gasteiger charge is 2.04. The molecule has 1 heteroatoms. The fourth-order valence-electron chi connectivity index (χ4n) is 1.46. The maximum absolute atomic E-state index is 5.13. The Morgan fingerprint density at radius 2 is 2.46 bits per heavy atom. The number of allylic oxidation sites excluding steroid dienone is 4. The van der Waals surface area contributed by atoms with Gasteiger partial charge in [-0.25, -0.2) is 0 Å². The SMILES string of the molecule is C=C(/C=C/OCC)C1=CCCCC1. The van der Waals surface area contributed by atoms with E-state index in [1.807, 2.05) is 13.0 Å². The molecule has 0 bridgehead atoms. The highest BCUT2D eigenvalue weighted by Crippen LogP contribution is 2.23. The molecule has 0 spiro atoms. The average Bonchev–Trinajstić information content (AvgIpc) is 2.19. The summed E-state index contributed by atoms with van der Waals surface area (Å²) in [7, 11) is 0. The Balaban J connectivity index is 2.42. The molecule has 0 aromatic heterocycles. The van der Waals surface area contributed by atoms with E-state index in [1.54, 1.807) is 6.26 Å². The zero-order valence-corrected chi connectivity index (χ0v) is 8.38. The van der Waals surface area contributed by atoms with Crippen LogP contribution in [0.25, 0.3) is 0 Å². The molecule has 0 saturated carbocycles. The third-order valence-corrected chi connectivity index (χ3v) is 2.24. The molecule has 0 radical (unpaired) electrons. The van der Waals surface area contributed by atoms with E-state index < -0.39 is 0 Å². The minimum absolute atomic E-state index is 0.725. The van der Waals surface area contributed by atoms with Crippen LogP contribution in [0.15, 0.2) is 36.1 Å². The fourth-order valence-corrected chi connectivity index (χ4v) is 1.46. The molecule has 0 fully saturated rings. The summed E-state index contributed by atoms with van der Waals surface area (Å²) in [4.78, 5) is 0. The van der Waals surface area contributed by atoms with E-state index in [0.29, 0.717) is 0 Å². The van der Waals surface area contributed by atoms with E-state index in [2.05, 4.69) is 12.7 Å². The van der Waals surface area contributed by atoms with Gasteiger partial charge in [-0.05, 0) is 49.8 Å². The molecule has 1 rings (SSSR count). The molecule has 0 aromatic rings. The fraction of sp³-hybridized carbons (Fsp3) is 0.500. The topological polar surface area (TPSA) is 9.23 Å². The lowest BCUT2D eigenvalue weighted by molar-refractivity contribution is 0.269. The van der Waals surface area contributed by atoms with E-state index in [1.165, 1.54) is 31.3 Å². The summed E-state index contributed by atoms with van der Waals surface area (Å²) in [6, 6.07) is 0. The lowest BCUT2D eigenvalue weighted by atomic mass is 9.94. The van der Waals surface area contributed by atoms with Crippen molar-refractivity contribution in [2.75, 3.05) is 6.61 Å². The Morgan fingerprint density at radius 3 is 3.08 bits per heavy atom. The maximum Gasteiger partial charge on any atom is 0.0845 e. The number of rotatable bonds is 4. The molecule has 0 amide bonds. The summed E-state index contributed by atoms with van der Waals surface area (Å²) in [6.07, 6.45) is 11.0. The summed E-state index contributed by atoms with van der Waals surface area (Å²) in [6.45, 7) is 6.72. The Hall–Kier alpha value is -0.980. The quantitative estimate of drug-likeness (QED) is 0.472. The number of hydrogen-bond donors (Lipinski definition) is 0. The molecule has 13 heavy (non-hydrogen) atoms. The van der Waals surface area contributed by atoms with Crippen molar-refractivity contribution >= 4 is 0 Å². The van der Waals surface area contributed by atoms with Gasteiger partial charge in [0.2, 0.25) is 0 Å². The van der Waals surface area contributed by atoms with Crippen LogP contribution in [0.2, 0.25) is 0 Å². The van der Waals surface area contributed by atoms with E-state index in [9.17, 15) is 0 Å². The van der Waals surface area contributed by atoms with Gasteiger partial charge in [-0.3, -0.25) is 0 Å². The summed E-state index contributed by atoms with van der Waals surface area (Å²) >= 11 is 0. The van der Waals surface area contributed by atoms with E-state index >= 15 is 0 Å². The first-order valence-corrected chi connectivity index (χ1v) is 5.01. The molecule has 1 aliphatic carbocycles. The zero-order chi connectivity index (χ0) is 9.52. The van der Waals surface area contributed by atoms with Crippen molar-refractivity contribution < 1.29 is 4.74 Å². The van der Waals surface area contributed by atoms with Crippen LogP contribution in [0.4, 0.5) is 0 Å². The Labute approximate surface area is 80.8 Å². The van der Waals surface area contributed by atoms with Crippen LogP contribution in [0.5, 0.6) is 0 Å². The van der Waals surface area contributed by atoms with Crippen LogP contribution in [0, 0.1) is 0 Å². The van der Waals surface area contributed by atoms with Crippen LogP contribution >= 0.6 is 0 Å². The van der Waals surface area contributed by atoms with Crippen LogP contribution < -0.4 is 0 Å². The summed E-state index contributed by atoms with van der Waals surface area (Å²) < 4.78 is 5.13. The van der Waals surface area contributed by atoms with Gasteiger partial charge in [0.1, 0.15) is 0 Å². The van der Waals surface area contributed by atoms with Gasteiger partial charge in [-0.15, -0.1) is 0 Å². The Morgan fingerprint density at radius 1 is 1.62 bits per heavy atom. The highest BCUT2D eigenvalue weighted by molar-refractivity contribution is 5.37. The largest absolute Gasteiger partial charge is 0.501 e.